The van der Waals surface area contributed by atoms with E-state index in [-0.39, 0.29) is 0 Å². The first kappa shape index (κ1) is 16.1. The third-order valence-corrected chi connectivity index (χ3v) is 4.88. The van der Waals surface area contributed by atoms with Crippen LogP contribution in [0.15, 0.2) is 36.4 Å². The van der Waals surface area contributed by atoms with E-state index in [9.17, 15) is 13.2 Å². The summed E-state index contributed by atoms with van der Waals surface area (Å²) in [5.41, 5.74) is 7.99. The molecule has 2 N–H and O–H groups in total. The lowest BCUT2D eigenvalue weighted by Gasteiger charge is -2.28. The van der Waals surface area contributed by atoms with Crippen LogP contribution in [0.4, 0.5) is 13.2 Å². The van der Waals surface area contributed by atoms with Crippen LogP contribution in [-0.4, -0.2) is 6.54 Å². The summed E-state index contributed by atoms with van der Waals surface area (Å²) in [5, 5.41) is 0. The lowest BCUT2D eigenvalue weighted by molar-refractivity contribution is 0.333. The summed E-state index contributed by atoms with van der Waals surface area (Å²) in [5.74, 6) is -2.60. The van der Waals surface area contributed by atoms with Gasteiger partial charge in [0.05, 0.1) is 0 Å². The smallest absolute Gasteiger partial charge is 0.194 e. The van der Waals surface area contributed by atoms with Gasteiger partial charge in [-0.05, 0) is 72.9 Å². The van der Waals surface area contributed by atoms with Gasteiger partial charge in [-0.2, -0.15) is 0 Å². The molecule has 0 atom stereocenters. The van der Waals surface area contributed by atoms with Crippen molar-refractivity contribution in [2.75, 3.05) is 6.54 Å². The predicted octanol–water partition coefficient (Wildman–Crippen LogP) is 5.00. The zero-order valence-corrected chi connectivity index (χ0v) is 12.9. The van der Waals surface area contributed by atoms with Crippen LogP contribution >= 0.6 is 0 Å². The molecule has 2 aromatic carbocycles. The maximum absolute atomic E-state index is 13.3. The molecule has 0 unspecified atom stereocenters. The quantitative estimate of drug-likeness (QED) is 0.791. The maximum atomic E-state index is 13.3. The normalized spacial score (nSPS) is 21.4. The highest BCUT2D eigenvalue weighted by Gasteiger charge is 2.21. The summed E-state index contributed by atoms with van der Waals surface area (Å²) in [7, 11) is 0. The second kappa shape index (κ2) is 6.75. The van der Waals surface area contributed by atoms with Crippen LogP contribution in [0.2, 0.25) is 0 Å². The second-order valence-electron chi connectivity index (χ2n) is 6.33. The molecule has 3 rings (SSSR count). The van der Waals surface area contributed by atoms with Crippen LogP contribution < -0.4 is 5.73 Å². The molecule has 0 radical (unpaired) electrons. The van der Waals surface area contributed by atoms with E-state index in [1.54, 1.807) is 0 Å². The number of nitrogens with two attached hydrogens (primary N) is 1. The van der Waals surface area contributed by atoms with Crippen LogP contribution in [0, 0.1) is 23.4 Å². The lowest BCUT2D eigenvalue weighted by Crippen LogP contribution is -2.20. The molecule has 1 saturated carbocycles. The van der Waals surface area contributed by atoms with E-state index in [1.165, 1.54) is 5.56 Å². The fourth-order valence-electron chi connectivity index (χ4n) is 3.40. The Bertz CT molecular complexity index is 651. The fourth-order valence-corrected chi connectivity index (χ4v) is 3.40. The van der Waals surface area contributed by atoms with Crippen molar-refractivity contribution in [1.82, 2.24) is 0 Å². The minimum Gasteiger partial charge on any atom is -0.330 e. The summed E-state index contributed by atoms with van der Waals surface area (Å²) >= 11 is 0. The SMILES string of the molecule is NCC1CCC(c2ccc(-c3cc(F)c(F)c(F)c3)cc2)CC1. The molecule has 1 aliphatic carbocycles. The molecule has 0 bridgehead atoms. The first-order chi connectivity index (χ1) is 11.1. The summed E-state index contributed by atoms with van der Waals surface area (Å²) in [6.07, 6.45) is 4.55. The first-order valence-electron chi connectivity index (χ1n) is 8.03. The van der Waals surface area contributed by atoms with Gasteiger partial charge < -0.3 is 5.73 Å². The van der Waals surface area contributed by atoms with Crippen molar-refractivity contribution in [1.29, 1.82) is 0 Å². The largest absolute Gasteiger partial charge is 0.330 e. The number of rotatable bonds is 3. The molecule has 0 aliphatic heterocycles. The van der Waals surface area contributed by atoms with Gasteiger partial charge in [0.25, 0.3) is 0 Å². The molecule has 1 fully saturated rings. The van der Waals surface area contributed by atoms with Crippen molar-refractivity contribution in [2.45, 2.75) is 31.6 Å². The fraction of sp³-hybridized carbons (Fsp3) is 0.368. The highest BCUT2D eigenvalue weighted by molar-refractivity contribution is 5.64. The topological polar surface area (TPSA) is 26.0 Å². The molecule has 0 saturated heterocycles. The van der Waals surface area contributed by atoms with Gasteiger partial charge in [0, 0.05) is 0 Å². The van der Waals surface area contributed by atoms with Crippen LogP contribution in [0.5, 0.6) is 0 Å². The highest BCUT2D eigenvalue weighted by atomic mass is 19.2. The van der Waals surface area contributed by atoms with Crippen molar-refractivity contribution in [3.05, 3.63) is 59.4 Å². The monoisotopic (exact) mass is 319 g/mol. The van der Waals surface area contributed by atoms with Crippen molar-refractivity contribution in [2.24, 2.45) is 11.7 Å². The Hall–Kier alpha value is -1.81. The Kier molecular flexibility index (Phi) is 4.71. The lowest BCUT2D eigenvalue weighted by atomic mass is 9.78. The molecular formula is C19H20F3N. The van der Waals surface area contributed by atoms with Gasteiger partial charge in [0.15, 0.2) is 17.5 Å². The summed E-state index contributed by atoms with van der Waals surface area (Å²) in [4.78, 5) is 0. The van der Waals surface area contributed by atoms with Crippen LogP contribution in [-0.2, 0) is 0 Å². The van der Waals surface area contributed by atoms with Gasteiger partial charge in [0.2, 0.25) is 0 Å². The predicted molar refractivity (Wildman–Crippen MR) is 85.5 cm³/mol. The average Bonchev–Trinajstić information content (AvgIpc) is 2.59. The van der Waals surface area contributed by atoms with E-state index >= 15 is 0 Å². The molecular weight excluding hydrogens is 299 g/mol. The average molecular weight is 319 g/mol. The molecule has 0 amide bonds. The van der Waals surface area contributed by atoms with Crippen molar-refractivity contribution in [3.63, 3.8) is 0 Å². The molecule has 0 aromatic heterocycles. The van der Waals surface area contributed by atoms with E-state index in [2.05, 4.69) is 0 Å². The molecule has 0 spiro atoms. The summed E-state index contributed by atoms with van der Waals surface area (Å²) in [6, 6.07) is 9.75. The number of hydrogen-bond donors (Lipinski definition) is 1. The number of halogens is 3. The van der Waals surface area contributed by atoms with Crippen LogP contribution in [0.25, 0.3) is 11.1 Å². The van der Waals surface area contributed by atoms with Crippen molar-refractivity contribution >= 4 is 0 Å². The third kappa shape index (κ3) is 3.42. The minimum atomic E-state index is -1.43. The second-order valence-corrected chi connectivity index (χ2v) is 6.33. The maximum Gasteiger partial charge on any atom is 0.194 e. The Morgan fingerprint density at radius 2 is 1.39 bits per heavy atom. The summed E-state index contributed by atoms with van der Waals surface area (Å²) < 4.78 is 39.7. The highest BCUT2D eigenvalue weighted by Crippen LogP contribution is 2.36. The standard InChI is InChI=1S/C19H20F3N/c20-17-9-16(10-18(21)19(17)22)15-7-5-14(6-8-15)13-3-1-12(11-23)2-4-13/h5-10,12-13H,1-4,11,23H2. The van der Waals surface area contributed by atoms with Crippen molar-refractivity contribution < 1.29 is 13.2 Å². The number of benzene rings is 2. The molecule has 1 aliphatic rings. The van der Waals surface area contributed by atoms with E-state index in [4.69, 9.17) is 5.73 Å². The Morgan fingerprint density at radius 3 is 1.91 bits per heavy atom. The number of hydrogen-bond acceptors (Lipinski definition) is 1. The van der Waals surface area contributed by atoms with E-state index in [0.717, 1.165) is 44.4 Å². The molecule has 0 heterocycles. The zero-order valence-electron chi connectivity index (χ0n) is 12.9. The van der Waals surface area contributed by atoms with Gasteiger partial charge >= 0.3 is 0 Å². The van der Waals surface area contributed by atoms with Crippen LogP contribution in [0.3, 0.4) is 0 Å². The minimum absolute atomic E-state index is 0.347. The first-order valence-corrected chi connectivity index (χ1v) is 8.03. The Balaban J connectivity index is 1.77. The Labute approximate surface area is 134 Å². The molecule has 122 valence electrons. The molecule has 2 aromatic rings. The van der Waals surface area contributed by atoms with E-state index < -0.39 is 17.5 Å². The molecule has 1 nitrogen and oxygen atoms in total. The van der Waals surface area contributed by atoms with Crippen LogP contribution in [0.1, 0.15) is 37.2 Å². The van der Waals surface area contributed by atoms with Gasteiger partial charge in [0.1, 0.15) is 0 Å². The van der Waals surface area contributed by atoms with Gasteiger partial charge in [-0.15, -0.1) is 0 Å². The Morgan fingerprint density at radius 1 is 0.826 bits per heavy atom. The molecule has 4 heteroatoms. The van der Waals surface area contributed by atoms with E-state index in [0.29, 0.717) is 23.0 Å². The van der Waals surface area contributed by atoms with Gasteiger partial charge in [-0.1, -0.05) is 24.3 Å². The summed E-state index contributed by atoms with van der Waals surface area (Å²) in [6.45, 7) is 0.757. The third-order valence-electron chi connectivity index (χ3n) is 4.88. The van der Waals surface area contributed by atoms with E-state index in [1.807, 2.05) is 24.3 Å². The molecule has 23 heavy (non-hydrogen) atoms. The van der Waals surface area contributed by atoms with Gasteiger partial charge in [-0.3, -0.25) is 0 Å². The van der Waals surface area contributed by atoms with Gasteiger partial charge in [-0.25, -0.2) is 13.2 Å². The zero-order chi connectivity index (χ0) is 16.4. The van der Waals surface area contributed by atoms with Crippen molar-refractivity contribution in [3.8, 4) is 11.1 Å².